The lowest BCUT2D eigenvalue weighted by Gasteiger charge is -2.18. The lowest BCUT2D eigenvalue weighted by atomic mass is 10.00. The van der Waals surface area contributed by atoms with Gasteiger partial charge in [0, 0.05) is 18.4 Å². The highest BCUT2D eigenvalue weighted by molar-refractivity contribution is 5.25. The van der Waals surface area contributed by atoms with Crippen molar-refractivity contribution in [2.24, 2.45) is 0 Å². The molecule has 0 saturated carbocycles. The number of aliphatic hydroxyl groups is 3. The van der Waals surface area contributed by atoms with E-state index in [9.17, 15) is 14.6 Å². The van der Waals surface area contributed by atoms with Gasteiger partial charge in [0.1, 0.15) is 6.10 Å². The van der Waals surface area contributed by atoms with Gasteiger partial charge in [0.2, 0.25) is 5.95 Å². The van der Waals surface area contributed by atoms with Crippen LogP contribution >= 0.6 is 0 Å². The zero-order chi connectivity index (χ0) is 11.4. The van der Waals surface area contributed by atoms with Gasteiger partial charge in [-0.3, -0.25) is 0 Å². The summed E-state index contributed by atoms with van der Waals surface area (Å²) in [6.45, 7) is 1.25. The Balaban J connectivity index is 2.90. The molecule has 1 rings (SSSR count). The van der Waals surface area contributed by atoms with E-state index in [-0.39, 0.29) is 18.6 Å². The molecule has 0 radical (unpaired) electrons. The Kier molecular flexibility index (Phi) is 4.14. The van der Waals surface area contributed by atoms with E-state index >= 15 is 0 Å². The lowest BCUT2D eigenvalue weighted by molar-refractivity contribution is 0.00364. The third kappa shape index (κ3) is 2.71. The van der Waals surface area contributed by atoms with Gasteiger partial charge in [-0.15, -0.1) is 0 Å². The number of pyridine rings is 1. The molecule has 0 saturated heterocycles. The summed E-state index contributed by atoms with van der Waals surface area (Å²) >= 11 is 0. The van der Waals surface area contributed by atoms with E-state index in [2.05, 4.69) is 4.98 Å². The molecule has 0 spiro atoms. The van der Waals surface area contributed by atoms with Crippen LogP contribution in [0.15, 0.2) is 12.3 Å². The van der Waals surface area contributed by atoms with Crippen LogP contribution in [0, 0.1) is 12.9 Å². The summed E-state index contributed by atoms with van der Waals surface area (Å²) in [6.07, 6.45) is -1.03. The quantitative estimate of drug-likeness (QED) is 0.632. The minimum Gasteiger partial charge on any atom is -0.396 e. The maximum absolute atomic E-state index is 13.0. The van der Waals surface area contributed by atoms with Crippen LogP contribution < -0.4 is 0 Å². The molecule has 15 heavy (non-hydrogen) atoms. The van der Waals surface area contributed by atoms with Crippen LogP contribution in [-0.2, 0) is 0 Å². The Morgan fingerprint density at radius 2 is 2.13 bits per heavy atom. The van der Waals surface area contributed by atoms with Crippen molar-refractivity contribution in [3.8, 4) is 0 Å². The van der Waals surface area contributed by atoms with Gasteiger partial charge in [0.25, 0.3) is 0 Å². The second kappa shape index (κ2) is 5.16. The van der Waals surface area contributed by atoms with Crippen molar-refractivity contribution in [1.29, 1.82) is 0 Å². The summed E-state index contributed by atoms with van der Waals surface area (Å²) in [5.74, 6) is -0.664. The molecular formula is C10H14FNO3. The monoisotopic (exact) mass is 215 g/mol. The normalized spacial score (nSPS) is 15.0. The predicted molar refractivity (Wildman–Crippen MR) is 51.6 cm³/mol. The zero-order valence-electron chi connectivity index (χ0n) is 8.39. The van der Waals surface area contributed by atoms with Crippen molar-refractivity contribution < 1.29 is 19.7 Å². The molecule has 0 aromatic carbocycles. The van der Waals surface area contributed by atoms with Crippen LogP contribution in [0.5, 0.6) is 0 Å². The third-order valence-electron chi connectivity index (χ3n) is 2.29. The molecule has 2 atom stereocenters. The number of nitrogens with zero attached hydrogens (tertiary/aromatic N) is 1. The third-order valence-corrected chi connectivity index (χ3v) is 2.29. The first kappa shape index (κ1) is 12.0. The van der Waals surface area contributed by atoms with Crippen LogP contribution in [0.25, 0.3) is 0 Å². The Labute approximate surface area is 87.0 Å². The summed E-state index contributed by atoms with van der Waals surface area (Å²) < 4.78 is 13.0. The minimum absolute atomic E-state index is 0.0462. The standard InChI is InChI=1S/C10H14FNO3/c1-6-7(2-4-12-10(6)11)9(15)8(14)3-5-13/h2,4,8-9,13-15H,3,5H2,1H3. The van der Waals surface area contributed by atoms with E-state index in [1.807, 2.05) is 0 Å². The van der Waals surface area contributed by atoms with Gasteiger partial charge < -0.3 is 15.3 Å². The highest BCUT2D eigenvalue weighted by Gasteiger charge is 2.20. The average Bonchev–Trinajstić information content (AvgIpc) is 2.21. The van der Waals surface area contributed by atoms with Crippen LogP contribution in [-0.4, -0.2) is 33.0 Å². The van der Waals surface area contributed by atoms with Gasteiger partial charge in [-0.05, 0) is 25.0 Å². The van der Waals surface area contributed by atoms with Crippen molar-refractivity contribution in [1.82, 2.24) is 4.98 Å². The fraction of sp³-hybridized carbons (Fsp3) is 0.500. The van der Waals surface area contributed by atoms with Crippen LogP contribution in [0.2, 0.25) is 0 Å². The SMILES string of the molecule is Cc1c(C(O)C(O)CCO)ccnc1F. The van der Waals surface area contributed by atoms with Gasteiger partial charge in [-0.25, -0.2) is 4.98 Å². The van der Waals surface area contributed by atoms with Crippen LogP contribution in [0.1, 0.15) is 23.7 Å². The molecule has 0 aliphatic heterocycles. The molecule has 0 amide bonds. The highest BCUT2D eigenvalue weighted by atomic mass is 19.1. The first-order chi connectivity index (χ1) is 7.07. The molecule has 0 fully saturated rings. The Hall–Kier alpha value is -1.04. The number of hydrogen-bond donors (Lipinski definition) is 3. The summed E-state index contributed by atoms with van der Waals surface area (Å²) in [5.41, 5.74) is 0.505. The number of hydrogen-bond acceptors (Lipinski definition) is 4. The Morgan fingerprint density at radius 3 is 2.73 bits per heavy atom. The fourth-order valence-corrected chi connectivity index (χ4v) is 1.34. The number of halogens is 1. The molecule has 1 aromatic heterocycles. The fourth-order valence-electron chi connectivity index (χ4n) is 1.34. The Bertz CT molecular complexity index is 332. The first-order valence-corrected chi connectivity index (χ1v) is 4.66. The number of aromatic nitrogens is 1. The molecule has 2 unspecified atom stereocenters. The van der Waals surface area contributed by atoms with Gasteiger partial charge in [-0.2, -0.15) is 4.39 Å². The Morgan fingerprint density at radius 1 is 1.47 bits per heavy atom. The van der Waals surface area contributed by atoms with Gasteiger partial charge >= 0.3 is 0 Å². The summed E-state index contributed by atoms with van der Waals surface area (Å²) in [7, 11) is 0. The number of rotatable bonds is 4. The van der Waals surface area contributed by atoms with Crippen molar-refractivity contribution in [3.63, 3.8) is 0 Å². The van der Waals surface area contributed by atoms with Gasteiger partial charge in [0.15, 0.2) is 0 Å². The van der Waals surface area contributed by atoms with Gasteiger partial charge in [-0.1, -0.05) is 0 Å². The van der Waals surface area contributed by atoms with E-state index in [4.69, 9.17) is 5.11 Å². The van der Waals surface area contributed by atoms with E-state index in [0.717, 1.165) is 0 Å². The molecule has 5 heteroatoms. The molecule has 0 bridgehead atoms. The molecule has 84 valence electrons. The smallest absolute Gasteiger partial charge is 0.216 e. The van der Waals surface area contributed by atoms with Crippen LogP contribution in [0.4, 0.5) is 4.39 Å². The van der Waals surface area contributed by atoms with Crippen LogP contribution in [0.3, 0.4) is 0 Å². The van der Waals surface area contributed by atoms with E-state index < -0.39 is 18.2 Å². The summed E-state index contributed by atoms with van der Waals surface area (Å²) in [5, 5.41) is 27.7. The molecule has 4 nitrogen and oxygen atoms in total. The highest BCUT2D eigenvalue weighted by Crippen LogP contribution is 2.22. The molecular weight excluding hydrogens is 201 g/mol. The van der Waals surface area contributed by atoms with E-state index in [1.165, 1.54) is 19.2 Å². The number of aliphatic hydroxyl groups excluding tert-OH is 3. The molecule has 3 N–H and O–H groups in total. The second-order valence-electron chi connectivity index (χ2n) is 3.34. The minimum atomic E-state index is -1.20. The molecule has 1 heterocycles. The maximum Gasteiger partial charge on any atom is 0.216 e. The van der Waals surface area contributed by atoms with E-state index in [0.29, 0.717) is 5.56 Å². The molecule has 0 aliphatic rings. The molecule has 0 aliphatic carbocycles. The van der Waals surface area contributed by atoms with Crippen molar-refractivity contribution in [3.05, 3.63) is 29.3 Å². The van der Waals surface area contributed by atoms with Crippen molar-refractivity contribution in [2.75, 3.05) is 6.61 Å². The largest absolute Gasteiger partial charge is 0.396 e. The first-order valence-electron chi connectivity index (χ1n) is 4.66. The zero-order valence-corrected chi connectivity index (χ0v) is 8.39. The molecule has 1 aromatic rings. The predicted octanol–water partition coefficient (Wildman–Crippen LogP) is 0.306. The second-order valence-corrected chi connectivity index (χ2v) is 3.34. The topological polar surface area (TPSA) is 73.6 Å². The lowest BCUT2D eigenvalue weighted by Crippen LogP contribution is -2.20. The average molecular weight is 215 g/mol. The van der Waals surface area contributed by atoms with Crippen molar-refractivity contribution >= 4 is 0 Å². The van der Waals surface area contributed by atoms with E-state index in [1.54, 1.807) is 0 Å². The summed E-state index contributed by atoms with van der Waals surface area (Å²) in [6, 6.07) is 1.45. The van der Waals surface area contributed by atoms with Crippen molar-refractivity contribution in [2.45, 2.75) is 25.6 Å². The van der Waals surface area contributed by atoms with Gasteiger partial charge in [0.05, 0.1) is 6.10 Å². The summed E-state index contributed by atoms with van der Waals surface area (Å²) in [4.78, 5) is 3.42. The maximum atomic E-state index is 13.0.